The van der Waals surface area contributed by atoms with Gasteiger partial charge in [0.05, 0.1) is 6.54 Å². The van der Waals surface area contributed by atoms with Crippen LogP contribution in [-0.4, -0.2) is 26.0 Å². The van der Waals surface area contributed by atoms with Gasteiger partial charge in [-0.05, 0) is 66.6 Å². The van der Waals surface area contributed by atoms with Crippen LogP contribution in [0.25, 0.3) is 11.4 Å². The molecule has 0 fully saturated rings. The Kier molecular flexibility index (Phi) is 4.92. The summed E-state index contributed by atoms with van der Waals surface area (Å²) in [5.41, 5.74) is 1.68. The van der Waals surface area contributed by atoms with Crippen LogP contribution in [0.3, 0.4) is 0 Å². The largest absolute Gasteiger partial charge is 0.294 e. The van der Waals surface area contributed by atoms with Crippen molar-refractivity contribution in [3.8, 4) is 11.4 Å². The fourth-order valence-corrected chi connectivity index (χ4v) is 2.40. The van der Waals surface area contributed by atoms with Crippen molar-refractivity contribution in [2.45, 2.75) is 26.3 Å². The zero-order valence-corrected chi connectivity index (χ0v) is 13.6. The van der Waals surface area contributed by atoms with Gasteiger partial charge in [0.15, 0.2) is 5.78 Å². The highest BCUT2D eigenvalue weighted by Crippen LogP contribution is 2.17. The minimum absolute atomic E-state index is 0.0606. The first-order valence-electron chi connectivity index (χ1n) is 7.86. The predicted octanol–water partition coefficient (Wildman–Crippen LogP) is 3.59. The van der Waals surface area contributed by atoms with E-state index in [0.717, 1.165) is 0 Å². The van der Waals surface area contributed by atoms with Gasteiger partial charge in [-0.25, -0.2) is 8.78 Å². The van der Waals surface area contributed by atoms with Crippen molar-refractivity contribution < 1.29 is 13.6 Å². The summed E-state index contributed by atoms with van der Waals surface area (Å²) in [6, 6.07) is 10.1. The van der Waals surface area contributed by atoms with Gasteiger partial charge in [0.2, 0.25) is 5.82 Å². The van der Waals surface area contributed by atoms with E-state index < -0.39 is 0 Å². The maximum absolute atomic E-state index is 13.3. The topological polar surface area (TPSA) is 60.7 Å². The number of benzene rings is 2. The van der Waals surface area contributed by atoms with Gasteiger partial charge in [0.1, 0.15) is 11.6 Å². The van der Waals surface area contributed by atoms with Crippen LogP contribution in [0.2, 0.25) is 0 Å². The molecule has 0 aliphatic carbocycles. The molecule has 1 aromatic heterocycles. The molecule has 25 heavy (non-hydrogen) atoms. The Bertz CT molecular complexity index is 890. The molecular formula is C18H16F2N4O. The minimum Gasteiger partial charge on any atom is -0.294 e. The number of aromatic nitrogens is 4. The molecule has 0 saturated carbocycles. The standard InChI is InChI=1S/C18H16F2N4O/c1-12-11-14(6-9-16(12)20)18-21-23-24(22-18)10-2-3-17(25)13-4-7-15(19)8-5-13/h4-9,11H,2-3,10H2,1H3. The van der Waals surface area contributed by atoms with E-state index in [0.29, 0.717) is 41.9 Å². The Hall–Kier alpha value is -2.96. The Morgan fingerprint density at radius 2 is 1.88 bits per heavy atom. The second-order valence-electron chi connectivity index (χ2n) is 5.71. The zero-order valence-electron chi connectivity index (χ0n) is 13.6. The summed E-state index contributed by atoms with van der Waals surface area (Å²) in [6.45, 7) is 2.10. The first kappa shape index (κ1) is 16.9. The average Bonchev–Trinajstić information content (AvgIpc) is 3.07. The van der Waals surface area contributed by atoms with E-state index in [1.807, 2.05) is 0 Å². The van der Waals surface area contributed by atoms with E-state index >= 15 is 0 Å². The van der Waals surface area contributed by atoms with E-state index in [-0.39, 0.29) is 17.4 Å². The summed E-state index contributed by atoms with van der Waals surface area (Å²) in [4.78, 5) is 13.4. The van der Waals surface area contributed by atoms with Crippen LogP contribution in [0.4, 0.5) is 8.78 Å². The van der Waals surface area contributed by atoms with Gasteiger partial charge in [-0.2, -0.15) is 4.80 Å². The lowest BCUT2D eigenvalue weighted by atomic mass is 10.1. The molecule has 3 rings (SSSR count). The first-order chi connectivity index (χ1) is 12.0. The maximum Gasteiger partial charge on any atom is 0.204 e. The van der Waals surface area contributed by atoms with Gasteiger partial charge < -0.3 is 0 Å². The van der Waals surface area contributed by atoms with Crippen molar-refractivity contribution in [2.24, 2.45) is 0 Å². The summed E-state index contributed by atoms with van der Waals surface area (Å²) in [5, 5.41) is 12.1. The van der Waals surface area contributed by atoms with E-state index in [1.54, 1.807) is 19.1 Å². The fourth-order valence-electron chi connectivity index (χ4n) is 2.40. The van der Waals surface area contributed by atoms with Crippen LogP contribution in [0, 0.1) is 18.6 Å². The number of carbonyl (C=O) groups is 1. The third-order valence-electron chi connectivity index (χ3n) is 3.80. The van der Waals surface area contributed by atoms with Crippen LogP contribution < -0.4 is 0 Å². The van der Waals surface area contributed by atoms with Crippen molar-refractivity contribution in [3.63, 3.8) is 0 Å². The third kappa shape index (κ3) is 4.12. The number of halogens is 2. The average molecular weight is 342 g/mol. The Balaban J connectivity index is 1.57. The lowest BCUT2D eigenvalue weighted by molar-refractivity contribution is 0.0977. The molecule has 2 aromatic carbocycles. The van der Waals surface area contributed by atoms with Gasteiger partial charge in [-0.3, -0.25) is 4.79 Å². The highest BCUT2D eigenvalue weighted by Gasteiger charge is 2.09. The summed E-state index contributed by atoms with van der Waals surface area (Å²) >= 11 is 0. The van der Waals surface area contributed by atoms with Crippen molar-refractivity contribution >= 4 is 5.78 Å². The van der Waals surface area contributed by atoms with Gasteiger partial charge >= 0.3 is 0 Å². The van der Waals surface area contributed by atoms with Crippen molar-refractivity contribution in [3.05, 3.63) is 65.2 Å². The predicted molar refractivity (Wildman–Crippen MR) is 87.9 cm³/mol. The van der Waals surface area contributed by atoms with E-state index in [2.05, 4.69) is 15.4 Å². The molecule has 0 N–H and O–H groups in total. The van der Waals surface area contributed by atoms with E-state index in [4.69, 9.17) is 0 Å². The third-order valence-corrected chi connectivity index (χ3v) is 3.80. The number of ketones is 1. The number of rotatable bonds is 6. The van der Waals surface area contributed by atoms with Crippen LogP contribution >= 0.6 is 0 Å². The molecule has 7 heteroatoms. The monoisotopic (exact) mass is 342 g/mol. The molecule has 0 aliphatic heterocycles. The molecule has 0 spiro atoms. The van der Waals surface area contributed by atoms with Crippen LogP contribution in [0.15, 0.2) is 42.5 Å². The molecule has 0 atom stereocenters. The zero-order chi connectivity index (χ0) is 17.8. The smallest absolute Gasteiger partial charge is 0.204 e. The molecule has 0 unspecified atom stereocenters. The summed E-state index contributed by atoms with van der Waals surface area (Å²) in [6.07, 6.45) is 0.840. The normalized spacial score (nSPS) is 10.8. The molecule has 0 radical (unpaired) electrons. The summed E-state index contributed by atoms with van der Waals surface area (Å²) < 4.78 is 26.2. The van der Waals surface area contributed by atoms with Crippen molar-refractivity contribution in [1.29, 1.82) is 0 Å². The molecule has 0 bridgehead atoms. The van der Waals surface area contributed by atoms with Crippen molar-refractivity contribution in [2.75, 3.05) is 0 Å². The van der Waals surface area contributed by atoms with Gasteiger partial charge in [-0.1, -0.05) is 0 Å². The van der Waals surface area contributed by atoms with E-state index in [9.17, 15) is 13.6 Å². The second kappa shape index (κ2) is 7.29. The number of hydrogen-bond donors (Lipinski definition) is 0. The van der Waals surface area contributed by atoms with Gasteiger partial charge in [-0.15, -0.1) is 10.2 Å². The first-order valence-corrected chi connectivity index (χ1v) is 7.86. The van der Waals surface area contributed by atoms with E-state index in [1.165, 1.54) is 35.1 Å². The lowest BCUT2D eigenvalue weighted by Crippen LogP contribution is -2.06. The fraction of sp³-hybridized carbons (Fsp3) is 0.222. The summed E-state index contributed by atoms with van der Waals surface area (Å²) in [5.74, 6) is -0.301. The Labute approximate surface area is 143 Å². The number of nitrogens with zero attached hydrogens (tertiary/aromatic N) is 4. The Morgan fingerprint density at radius 3 is 2.60 bits per heavy atom. The van der Waals surface area contributed by atoms with Crippen LogP contribution in [0.1, 0.15) is 28.8 Å². The SMILES string of the molecule is Cc1cc(-c2nnn(CCCC(=O)c3ccc(F)cc3)n2)ccc1F. The highest BCUT2D eigenvalue weighted by molar-refractivity contribution is 5.95. The number of aryl methyl sites for hydroxylation is 2. The number of tetrazole rings is 1. The van der Waals surface area contributed by atoms with Crippen LogP contribution in [0.5, 0.6) is 0 Å². The molecule has 0 amide bonds. The molecule has 128 valence electrons. The minimum atomic E-state index is -0.369. The lowest BCUT2D eigenvalue weighted by Gasteiger charge is -2.01. The van der Waals surface area contributed by atoms with Gasteiger partial charge in [0, 0.05) is 17.5 Å². The molecular weight excluding hydrogens is 326 g/mol. The number of Topliss-reactive ketones (excluding diaryl/α,β-unsaturated/α-hetero) is 1. The Morgan fingerprint density at radius 1 is 1.12 bits per heavy atom. The molecule has 1 heterocycles. The highest BCUT2D eigenvalue weighted by atomic mass is 19.1. The molecule has 5 nitrogen and oxygen atoms in total. The van der Waals surface area contributed by atoms with Crippen LogP contribution in [-0.2, 0) is 6.54 Å². The number of carbonyl (C=O) groups excluding carboxylic acids is 1. The van der Waals surface area contributed by atoms with Gasteiger partial charge in [0.25, 0.3) is 0 Å². The van der Waals surface area contributed by atoms with Crippen molar-refractivity contribution in [1.82, 2.24) is 20.2 Å². The summed E-state index contributed by atoms with van der Waals surface area (Å²) in [7, 11) is 0. The molecule has 0 saturated heterocycles. The molecule has 3 aromatic rings. The number of hydrogen-bond acceptors (Lipinski definition) is 4. The molecule has 0 aliphatic rings. The second-order valence-corrected chi connectivity index (χ2v) is 5.71. The quantitative estimate of drug-likeness (QED) is 0.642. The maximum atomic E-state index is 13.3.